The Morgan fingerprint density at radius 3 is 2.88 bits per heavy atom. The second-order valence-electron chi connectivity index (χ2n) is 3.60. The maximum Gasteiger partial charge on any atom is 0.154 e. The normalized spacial score (nSPS) is 11.2. The summed E-state index contributed by atoms with van der Waals surface area (Å²) in [6.07, 6.45) is 3.76. The summed E-state index contributed by atoms with van der Waals surface area (Å²) in [4.78, 5) is 8.84. The SMILES string of the molecule is CC=Cc1nc(NCCO)c2ccccc2n1. The summed E-state index contributed by atoms with van der Waals surface area (Å²) < 4.78 is 0. The summed E-state index contributed by atoms with van der Waals surface area (Å²) in [7, 11) is 0. The van der Waals surface area contributed by atoms with Crippen LogP contribution in [-0.2, 0) is 0 Å². The lowest BCUT2D eigenvalue weighted by molar-refractivity contribution is 0.311. The van der Waals surface area contributed by atoms with E-state index >= 15 is 0 Å². The first-order valence-corrected chi connectivity index (χ1v) is 5.59. The van der Waals surface area contributed by atoms with Crippen LogP contribution in [0.1, 0.15) is 12.7 Å². The zero-order valence-electron chi connectivity index (χ0n) is 9.72. The number of rotatable bonds is 4. The van der Waals surface area contributed by atoms with Gasteiger partial charge in [-0.2, -0.15) is 0 Å². The first-order chi connectivity index (χ1) is 8.35. The molecule has 0 bridgehead atoms. The summed E-state index contributed by atoms with van der Waals surface area (Å²) in [5.74, 6) is 1.43. The first kappa shape index (κ1) is 11.5. The van der Waals surface area contributed by atoms with Crippen molar-refractivity contribution in [1.29, 1.82) is 0 Å². The van der Waals surface area contributed by atoms with Crippen molar-refractivity contribution in [2.24, 2.45) is 0 Å². The maximum absolute atomic E-state index is 8.85. The number of nitrogens with one attached hydrogen (secondary N) is 1. The van der Waals surface area contributed by atoms with Gasteiger partial charge in [0, 0.05) is 11.9 Å². The highest BCUT2D eigenvalue weighted by molar-refractivity contribution is 5.89. The lowest BCUT2D eigenvalue weighted by Gasteiger charge is -2.08. The summed E-state index contributed by atoms with van der Waals surface area (Å²) in [6, 6.07) is 7.82. The van der Waals surface area contributed by atoms with Crippen LogP contribution in [0.25, 0.3) is 17.0 Å². The van der Waals surface area contributed by atoms with Crippen molar-refractivity contribution in [3.8, 4) is 0 Å². The zero-order valence-corrected chi connectivity index (χ0v) is 9.72. The molecule has 4 heteroatoms. The molecule has 0 atom stereocenters. The Kier molecular flexibility index (Phi) is 3.67. The Morgan fingerprint density at radius 2 is 2.12 bits per heavy atom. The van der Waals surface area contributed by atoms with Crippen molar-refractivity contribution in [2.75, 3.05) is 18.5 Å². The minimum atomic E-state index is 0.0806. The molecule has 0 spiro atoms. The van der Waals surface area contributed by atoms with Crippen LogP contribution < -0.4 is 5.32 Å². The predicted molar refractivity (Wildman–Crippen MR) is 69.8 cm³/mol. The highest BCUT2D eigenvalue weighted by atomic mass is 16.3. The third-order valence-corrected chi connectivity index (χ3v) is 2.34. The van der Waals surface area contributed by atoms with Crippen molar-refractivity contribution in [2.45, 2.75) is 6.92 Å². The van der Waals surface area contributed by atoms with E-state index in [9.17, 15) is 0 Å². The van der Waals surface area contributed by atoms with E-state index in [2.05, 4.69) is 15.3 Å². The van der Waals surface area contributed by atoms with Crippen LogP contribution in [0, 0.1) is 0 Å². The van der Waals surface area contributed by atoms with Crippen molar-refractivity contribution < 1.29 is 5.11 Å². The van der Waals surface area contributed by atoms with Gasteiger partial charge in [0.15, 0.2) is 5.82 Å². The van der Waals surface area contributed by atoms with Crippen LogP contribution in [0.15, 0.2) is 30.3 Å². The molecular weight excluding hydrogens is 214 g/mol. The van der Waals surface area contributed by atoms with Crippen LogP contribution in [-0.4, -0.2) is 28.2 Å². The quantitative estimate of drug-likeness (QED) is 0.842. The van der Waals surface area contributed by atoms with E-state index in [1.165, 1.54) is 0 Å². The van der Waals surface area contributed by atoms with Gasteiger partial charge < -0.3 is 10.4 Å². The number of aromatic nitrogens is 2. The molecule has 0 fully saturated rings. The van der Waals surface area contributed by atoms with Crippen molar-refractivity contribution >= 4 is 22.8 Å². The number of benzene rings is 1. The van der Waals surface area contributed by atoms with Crippen LogP contribution in [0.2, 0.25) is 0 Å². The number of para-hydroxylation sites is 1. The van der Waals surface area contributed by atoms with Gasteiger partial charge in [0.25, 0.3) is 0 Å². The van der Waals surface area contributed by atoms with Gasteiger partial charge in [0.05, 0.1) is 12.1 Å². The van der Waals surface area contributed by atoms with Crippen molar-refractivity contribution in [1.82, 2.24) is 9.97 Å². The fourth-order valence-corrected chi connectivity index (χ4v) is 1.63. The number of aliphatic hydroxyl groups excluding tert-OH is 1. The number of aliphatic hydroxyl groups is 1. The number of hydrogen-bond donors (Lipinski definition) is 2. The number of fused-ring (bicyclic) bond motifs is 1. The van der Waals surface area contributed by atoms with E-state index in [0.29, 0.717) is 12.4 Å². The van der Waals surface area contributed by atoms with Crippen LogP contribution in [0.4, 0.5) is 5.82 Å². The predicted octanol–water partition coefficient (Wildman–Crippen LogP) is 2.07. The fourth-order valence-electron chi connectivity index (χ4n) is 1.63. The molecule has 0 aliphatic carbocycles. The van der Waals surface area contributed by atoms with E-state index < -0.39 is 0 Å². The Labute approximate surface area is 100 Å². The second kappa shape index (κ2) is 5.41. The van der Waals surface area contributed by atoms with Gasteiger partial charge in [-0.1, -0.05) is 18.2 Å². The molecule has 2 rings (SSSR count). The van der Waals surface area contributed by atoms with E-state index in [0.717, 1.165) is 16.7 Å². The van der Waals surface area contributed by atoms with Gasteiger partial charge in [0.1, 0.15) is 5.82 Å². The van der Waals surface area contributed by atoms with Gasteiger partial charge in [0.2, 0.25) is 0 Å². The first-order valence-electron chi connectivity index (χ1n) is 5.59. The molecule has 0 aliphatic heterocycles. The highest BCUT2D eigenvalue weighted by Crippen LogP contribution is 2.20. The summed E-state index contributed by atoms with van der Waals surface area (Å²) in [5, 5.41) is 12.9. The standard InChI is InChI=1S/C13H15N3O/c1-2-5-12-15-11-7-4-3-6-10(11)13(16-12)14-8-9-17/h2-7,17H,8-9H2,1H3,(H,14,15,16). The molecule has 17 heavy (non-hydrogen) atoms. The van der Waals surface area contributed by atoms with Gasteiger partial charge in [-0.3, -0.25) is 0 Å². The average molecular weight is 229 g/mol. The zero-order chi connectivity index (χ0) is 12.1. The van der Waals surface area contributed by atoms with Crippen LogP contribution in [0.3, 0.4) is 0 Å². The van der Waals surface area contributed by atoms with Crippen molar-refractivity contribution in [3.63, 3.8) is 0 Å². The molecule has 2 N–H and O–H groups in total. The van der Waals surface area contributed by atoms with E-state index in [-0.39, 0.29) is 6.61 Å². The fraction of sp³-hybridized carbons (Fsp3) is 0.231. The van der Waals surface area contributed by atoms with Crippen LogP contribution >= 0.6 is 0 Å². The van der Waals surface area contributed by atoms with Gasteiger partial charge >= 0.3 is 0 Å². The lowest BCUT2D eigenvalue weighted by Crippen LogP contribution is -2.08. The van der Waals surface area contributed by atoms with E-state index in [1.54, 1.807) is 0 Å². The Hall–Kier alpha value is -1.94. The minimum absolute atomic E-state index is 0.0806. The number of hydrogen-bond acceptors (Lipinski definition) is 4. The minimum Gasteiger partial charge on any atom is -0.395 e. The topological polar surface area (TPSA) is 58.0 Å². The summed E-state index contributed by atoms with van der Waals surface area (Å²) in [6.45, 7) is 2.49. The Balaban J connectivity index is 2.52. The monoisotopic (exact) mass is 229 g/mol. The molecule has 0 unspecified atom stereocenters. The second-order valence-corrected chi connectivity index (χ2v) is 3.60. The average Bonchev–Trinajstić information content (AvgIpc) is 2.36. The molecule has 2 aromatic rings. The third kappa shape index (κ3) is 2.60. The Morgan fingerprint density at radius 1 is 1.29 bits per heavy atom. The summed E-state index contributed by atoms with van der Waals surface area (Å²) >= 11 is 0. The lowest BCUT2D eigenvalue weighted by atomic mass is 10.2. The van der Waals surface area contributed by atoms with Crippen molar-refractivity contribution in [3.05, 3.63) is 36.2 Å². The highest BCUT2D eigenvalue weighted by Gasteiger charge is 2.04. The van der Waals surface area contributed by atoms with E-state index in [1.807, 2.05) is 43.3 Å². The molecular formula is C13H15N3O. The smallest absolute Gasteiger partial charge is 0.154 e. The third-order valence-electron chi connectivity index (χ3n) is 2.34. The van der Waals surface area contributed by atoms with Crippen LogP contribution in [0.5, 0.6) is 0 Å². The molecule has 0 saturated carbocycles. The van der Waals surface area contributed by atoms with E-state index in [4.69, 9.17) is 5.11 Å². The molecule has 0 saturated heterocycles. The molecule has 0 amide bonds. The van der Waals surface area contributed by atoms with Gasteiger partial charge in [-0.15, -0.1) is 0 Å². The molecule has 1 aromatic carbocycles. The molecule has 1 heterocycles. The van der Waals surface area contributed by atoms with Gasteiger partial charge in [-0.05, 0) is 25.1 Å². The largest absolute Gasteiger partial charge is 0.395 e. The molecule has 1 aromatic heterocycles. The van der Waals surface area contributed by atoms with Gasteiger partial charge in [-0.25, -0.2) is 9.97 Å². The summed E-state index contributed by atoms with van der Waals surface area (Å²) in [5.41, 5.74) is 0.899. The molecule has 0 aliphatic rings. The molecule has 88 valence electrons. The maximum atomic E-state index is 8.85. The number of nitrogens with zero attached hydrogens (tertiary/aromatic N) is 2. The molecule has 0 radical (unpaired) electrons. The number of allylic oxidation sites excluding steroid dienone is 1. The molecule has 4 nitrogen and oxygen atoms in total. The Bertz CT molecular complexity index is 537. The number of anilines is 1.